The number of hydrogen-bond acceptors (Lipinski definition) is 5. The average molecular weight is 542 g/mol. The third kappa shape index (κ3) is 6.35. The van der Waals surface area contributed by atoms with Gasteiger partial charge in [-0.25, -0.2) is 0 Å². The zero-order valence-electron chi connectivity index (χ0n) is 24.7. The topological polar surface area (TPSA) is 74.7 Å². The van der Waals surface area contributed by atoms with Gasteiger partial charge in [-0.15, -0.1) is 0 Å². The number of benzene rings is 3. The second kappa shape index (κ2) is 13.1. The highest BCUT2D eigenvalue weighted by Gasteiger charge is 2.61. The largest absolute Gasteiger partial charge is 0.507 e. The zero-order chi connectivity index (χ0) is 29.5. The number of aldehydes is 1. The molecule has 0 aromatic heterocycles. The van der Waals surface area contributed by atoms with E-state index in [0.29, 0.717) is 29.1 Å². The second-order valence-corrected chi connectivity index (χ2v) is 11.5. The van der Waals surface area contributed by atoms with Crippen LogP contribution in [0.4, 0.5) is 5.69 Å². The van der Waals surface area contributed by atoms with Crippen molar-refractivity contribution >= 4 is 23.5 Å². The third-order valence-corrected chi connectivity index (χ3v) is 9.11. The summed E-state index contributed by atoms with van der Waals surface area (Å²) in [5.74, 6) is 0.764. The Hall–Kier alpha value is -3.73. The van der Waals surface area contributed by atoms with Crippen molar-refractivity contribution in [2.75, 3.05) is 18.0 Å². The van der Waals surface area contributed by atoms with Gasteiger partial charge >= 0.3 is 0 Å². The zero-order valence-corrected chi connectivity index (χ0v) is 24.7. The van der Waals surface area contributed by atoms with Crippen molar-refractivity contribution in [1.82, 2.24) is 0 Å². The van der Waals surface area contributed by atoms with E-state index in [2.05, 4.69) is 44.7 Å². The highest BCUT2D eigenvalue weighted by Crippen LogP contribution is 2.63. The molecular formula is C35H43NO4. The third-order valence-electron chi connectivity index (χ3n) is 9.11. The normalized spacial score (nSPS) is 20.1. The number of ketones is 2. The SMILES string of the molecule is CC12CCC(CC1=O)C2(C)C.CCN(CC)c1ccc(C(=O)c2ccccc2C=O)c(O)c1.Cc1ccccc1. The molecule has 5 nitrogen and oxygen atoms in total. The van der Waals surface area contributed by atoms with Crippen molar-refractivity contribution < 1.29 is 19.5 Å². The Balaban J connectivity index is 0.000000200. The molecule has 2 aliphatic carbocycles. The monoisotopic (exact) mass is 541 g/mol. The quantitative estimate of drug-likeness (QED) is 0.256. The molecule has 5 rings (SSSR count). The summed E-state index contributed by atoms with van der Waals surface area (Å²) < 4.78 is 0. The number of carbonyl (C=O) groups is 3. The van der Waals surface area contributed by atoms with Crippen LogP contribution in [-0.2, 0) is 4.79 Å². The van der Waals surface area contributed by atoms with Crippen LogP contribution in [-0.4, -0.2) is 36.0 Å². The van der Waals surface area contributed by atoms with E-state index in [1.807, 2.05) is 38.1 Å². The van der Waals surface area contributed by atoms with E-state index >= 15 is 0 Å². The van der Waals surface area contributed by atoms with Crippen molar-refractivity contribution in [3.63, 3.8) is 0 Å². The van der Waals surface area contributed by atoms with Gasteiger partial charge in [0.25, 0.3) is 0 Å². The van der Waals surface area contributed by atoms with Crippen LogP contribution in [0.2, 0.25) is 0 Å². The Bertz CT molecular complexity index is 1330. The van der Waals surface area contributed by atoms with Crippen molar-refractivity contribution in [2.24, 2.45) is 16.7 Å². The summed E-state index contributed by atoms with van der Waals surface area (Å²) in [6.07, 6.45) is 3.90. The molecule has 3 aromatic rings. The summed E-state index contributed by atoms with van der Waals surface area (Å²) in [6, 6.07) is 21.8. The standard InChI is InChI=1S/C18H19NO3.C10H16O.C7H8/c1-3-19(4-2)14-9-10-16(17(21)11-14)18(22)15-8-6-5-7-13(15)12-20;1-9(2)7-4-5-10(9,3)8(11)6-7;1-7-5-3-2-4-6-7/h5-12,21H,3-4H2,1-2H3;7H,4-6H2,1-3H3;2-6H,1H3. The number of Topliss-reactive ketones (excluding diaryl/α,β-unsaturated/α-hetero) is 1. The van der Waals surface area contributed by atoms with Crippen molar-refractivity contribution in [3.8, 4) is 5.75 Å². The molecule has 2 bridgehead atoms. The lowest BCUT2D eigenvalue weighted by atomic mass is 9.70. The smallest absolute Gasteiger partial charge is 0.197 e. The van der Waals surface area contributed by atoms with E-state index in [-0.39, 0.29) is 27.9 Å². The maximum absolute atomic E-state index is 12.5. The number of nitrogens with zero attached hydrogens (tertiary/aromatic N) is 1. The number of aryl methyl sites for hydroxylation is 1. The van der Waals surface area contributed by atoms with Gasteiger partial charge in [0, 0.05) is 47.8 Å². The van der Waals surface area contributed by atoms with Crippen molar-refractivity contribution in [3.05, 3.63) is 95.1 Å². The fourth-order valence-corrected chi connectivity index (χ4v) is 5.88. The van der Waals surface area contributed by atoms with E-state index < -0.39 is 0 Å². The lowest BCUT2D eigenvalue weighted by molar-refractivity contribution is -0.128. The molecule has 2 aliphatic rings. The fourth-order valence-electron chi connectivity index (χ4n) is 5.88. The van der Waals surface area contributed by atoms with Gasteiger partial charge in [-0.05, 0) is 57.1 Å². The van der Waals surface area contributed by atoms with Gasteiger partial charge in [0.05, 0.1) is 5.56 Å². The maximum Gasteiger partial charge on any atom is 0.197 e. The molecule has 0 heterocycles. The Morgan fingerprint density at radius 1 is 0.950 bits per heavy atom. The van der Waals surface area contributed by atoms with Crippen LogP contribution in [0.3, 0.4) is 0 Å². The number of phenolic OH excluding ortho intramolecular Hbond substituents is 1. The van der Waals surface area contributed by atoms with Gasteiger partial charge in [0.2, 0.25) is 0 Å². The maximum atomic E-state index is 12.5. The van der Waals surface area contributed by atoms with Crippen molar-refractivity contribution in [2.45, 2.75) is 60.8 Å². The molecule has 2 fully saturated rings. The first kappa shape index (κ1) is 30.8. The summed E-state index contributed by atoms with van der Waals surface area (Å²) in [6.45, 7) is 14.4. The summed E-state index contributed by atoms with van der Waals surface area (Å²) in [5, 5.41) is 10.2. The summed E-state index contributed by atoms with van der Waals surface area (Å²) in [7, 11) is 0. The van der Waals surface area contributed by atoms with E-state index in [4.69, 9.17) is 0 Å². The number of hydrogen-bond donors (Lipinski definition) is 1. The van der Waals surface area contributed by atoms with E-state index in [1.54, 1.807) is 36.4 Å². The van der Waals surface area contributed by atoms with Crippen LogP contribution in [0.25, 0.3) is 0 Å². The first-order valence-electron chi connectivity index (χ1n) is 14.2. The predicted octanol–water partition coefficient (Wildman–Crippen LogP) is 7.68. The molecular weight excluding hydrogens is 498 g/mol. The molecule has 1 N–H and O–H groups in total. The summed E-state index contributed by atoms with van der Waals surface area (Å²) in [4.78, 5) is 37.2. The molecule has 2 saturated carbocycles. The van der Waals surface area contributed by atoms with Gasteiger partial charge in [-0.3, -0.25) is 14.4 Å². The van der Waals surface area contributed by atoms with Crippen LogP contribution < -0.4 is 4.90 Å². The van der Waals surface area contributed by atoms with Crippen LogP contribution in [0.15, 0.2) is 72.8 Å². The highest BCUT2D eigenvalue weighted by atomic mass is 16.3. The van der Waals surface area contributed by atoms with Crippen LogP contribution in [0.5, 0.6) is 5.75 Å². The number of fused-ring (bicyclic) bond motifs is 2. The van der Waals surface area contributed by atoms with Gasteiger partial charge in [0.15, 0.2) is 12.1 Å². The summed E-state index contributed by atoms with van der Waals surface area (Å²) >= 11 is 0. The van der Waals surface area contributed by atoms with E-state index in [1.165, 1.54) is 12.0 Å². The molecule has 40 heavy (non-hydrogen) atoms. The Morgan fingerprint density at radius 2 is 1.57 bits per heavy atom. The van der Waals surface area contributed by atoms with E-state index in [9.17, 15) is 19.5 Å². The van der Waals surface area contributed by atoms with Gasteiger partial charge in [-0.2, -0.15) is 0 Å². The summed E-state index contributed by atoms with van der Waals surface area (Å²) in [5.41, 5.74) is 3.31. The van der Waals surface area contributed by atoms with E-state index in [0.717, 1.165) is 31.6 Å². The first-order chi connectivity index (χ1) is 19.0. The average Bonchev–Trinajstić information content (AvgIpc) is 3.28. The molecule has 2 atom stereocenters. The number of carbonyl (C=O) groups excluding carboxylic acids is 3. The number of anilines is 1. The minimum absolute atomic E-state index is 0.0255. The molecule has 212 valence electrons. The van der Waals surface area contributed by atoms with Crippen molar-refractivity contribution in [1.29, 1.82) is 0 Å². The van der Waals surface area contributed by atoms with Crippen LogP contribution in [0.1, 0.15) is 85.7 Å². The van der Waals surface area contributed by atoms with Gasteiger partial charge in [0.1, 0.15) is 11.5 Å². The second-order valence-electron chi connectivity index (χ2n) is 11.5. The lowest BCUT2D eigenvalue weighted by Crippen LogP contribution is -2.32. The molecule has 0 saturated heterocycles. The molecule has 3 aromatic carbocycles. The van der Waals surface area contributed by atoms with Gasteiger partial charge < -0.3 is 10.0 Å². The Morgan fingerprint density at radius 3 is 2.00 bits per heavy atom. The lowest BCUT2D eigenvalue weighted by Gasteiger charge is -2.32. The molecule has 5 heteroatoms. The molecule has 2 unspecified atom stereocenters. The minimum Gasteiger partial charge on any atom is -0.507 e. The van der Waals surface area contributed by atoms with Gasteiger partial charge in [-0.1, -0.05) is 80.9 Å². The predicted molar refractivity (Wildman–Crippen MR) is 162 cm³/mol. The van der Waals surface area contributed by atoms with Crippen LogP contribution in [0, 0.1) is 23.7 Å². The molecule has 0 spiro atoms. The van der Waals surface area contributed by atoms with Crippen LogP contribution >= 0.6 is 0 Å². The number of aromatic hydroxyl groups is 1. The molecule has 0 aliphatic heterocycles. The minimum atomic E-state index is -0.355. The molecule has 0 amide bonds. The Kier molecular flexibility index (Phi) is 10.1. The molecule has 0 radical (unpaired) electrons. The Labute approximate surface area is 239 Å². The first-order valence-corrected chi connectivity index (χ1v) is 14.2. The number of rotatable bonds is 6. The fraction of sp³-hybridized carbons (Fsp3) is 0.400. The number of phenols is 1. The highest BCUT2D eigenvalue weighted by molar-refractivity contribution is 6.14.